The quantitative estimate of drug-likeness (QED) is 0.220. The molecule has 2 aromatic carbocycles. The predicted octanol–water partition coefficient (Wildman–Crippen LogP) is 4.90. The Hall–Kier alpha value is -2.84. The van der Waals surface area contributed by atoms with Crippen LogP contribution in [0.15, 0.2) is 68.0 Å². The van der Waals surface area contributed by atoms with E-state index < -0.39 is 5.76 Å². The van der Waals surface area contributed by atoms with Crippen LogP contribution in [0.5, 0.6) is 0 Å². The van der Waals surface area contributed by atoms with Gasteiger partial charge in [0.05, 0.1) is 28.4 Å². The van der Waals surface area contributed by atoms with Gasteiger partial charge in [0.2, 0.25) is 0 Å². The molecule has 0 atom stereocenters. The average molecular weight is 441 g/mol. The fourth-order valence-electron chi connectivity index (χ4n) is 3.02. The van der Waals surface area contributed by atoms with Crippen LogP contribution in [0.1, 0.15) is 27.5 Å². The molecule has 0 aliphatic rings. The third kappa shape index (κ3) is 4.83. The standard InChI is InChI=1S/C22H20N2O4S2/c1-15-23-17(13-29-15)14-30-18-9-7-16(8-10-18)21(25)27-12-4-11-24-19-5-2-3-6-20(19)28-22(24)26/h2-3,5-10,13H,4,11-12,14H2,1H3. The van der Waals surface area contributed by atoms with E-state index in [-0.39, 0.29) is 12.6 Å². The minimum absolute atomic E-state index is 0.227. The van der Waals surface area contributed by atoms with Crippen LogP contribution in [0.3, 0.4) is 0 Å². The van der Waals surface area contributed by atoms with Crippen LogP contribution in [-0.2, 0) is 17.0 Å². The molecule has 2 heterocycles. The number of thioether (sulfide) groups is 1. The molecule has 0 aliphatic heterocycles. The van der Waals surface area contributed by atoms with Crippen molar-refractivity contribution in [3.63, 3.8) is 0 Å². The number of hydrogen-bond donors (Lipinski definition) is 0. The fourth-order valence-corrected chi connectivity index (χ4v) is 4.52. The van der Waals surface area contributed by atoms with E-state index in [9.17, 15) is 9.59 Å². The number of carbonyl (C=O) groups is 1. The number of hydrogen-bond acceptors (Lipinski definition) is 7. The topological polar surface area (TPSA) is 74.3 Å². The molecule has 2 aromatic heterocycles. The second-order valence-electron chi connectivity index (χ2n) is 6.65. The van der Waals surface area contributed by atoms with Crippen molar-refractivity contribution in [2.75, 3.05) is 6.61 Å². The number of rotatable bonds is 8. The lowest BCUT2D eigenvalue weighted by Crippen LogP contribution is -2.16. The molecule has 0 unspecified atom stereocenters. The molecule has 0 N–H and O–H groups in total. The third-order valence-corrected chi connectivity index (χ3v) is 6.34. The maximum atomic E-state index is 12.3. The van der Waals surface area contributed by atoms with Crippen LogP contribution in [0.2, 0.25) is 0 Å². The Kier molecular flexibility index (Phi) is 6.35. The highest BCUT2D eigenvalue weighted by molar-refractivity contribution is 7.98. The van der Waals surface area contributed by atoms with E-state index in [4.69, 9.17) is 9.15 Å². The van der Waals surface area contributed by atoms with Crippen LogP contribution < -0.4 is 5.76 Å². The largest absolute Gasteiger partial charge is 0.462 e. The number of oxazole rings is 1. The number of nitrogens with zero attached hydrogens (tertiary/aromatic N) is 2. The van der Waals surface area contributed by atoms with E-state index in [0.29, 0.717) is 24.1 Å². The van der Waals surface area contributed by atoms with Crippen molar-refractivity contribution in [1.29, 1.82) is 0 Å². The number of ether oxygens (including phenoxy) is 1. The summed E-state index contributed by atoms with van der Waals surface area (Å²) in [6, 6.07) is 14.6. The fraction of sp³-hybridized carbons (Fsp3) is 0.227. The van der Waals surface area contributed by atoms with E-state index in [1.54, 1.807) is 45.9 Å². The summed E-state index contributed by atoms with van der Waals surface area (Å²) in [5.74, 6) is 0.0328. The first-order valence-corrected chi connectivity index (χ1v) is 11.4. The molecule has 4 rings (SSSR count). The summed E-state index contributed by atoms with van der Waals surface area (Å²) in [7, 11) is 0. The van der Waals surface area contributed by atoms with Gasteiger partial charge in [0, 0.05) is 22.6 Å². The van der Waals surface area contributed by atoms with E-state index in [2.05, 4.69) is 10.4 Å². The van der Waals surface area contributed by atoms with Gasteiger partial charge in [-0.3, -0.25) is 4.57 Å². The molecule has 0 fully saturated rings. The molecule has 0 aliphatic carbocycles. The van der Waals surface area contributed by atoms with Gasteiger partial charge in [0.15, 0.2) is 5.58 Å². The molecular weight excluding hydrogens is 420 g/mol. The summed E-state index contributed by atoms with van der Waals surface area (Å²) in [5, 5.41) is 3.13. The van der Waals surface area contributed by atoms with E-state index >= 15 is 0 Å². The number of esters is 1. The first kappa shape index (κ1) is 20.4. The number of carbonyl (C=O) groups excluding carboxylic acids is 1. The van der Waals surface area contributed by atoms with Crippen LogP contribution in [0, 0.1) is 6.92 Å². The number of fused-ring (bicyclic) bond motifs is 1. The first-order chi connectivity index (χ1) is 14.6. The second-order valence-corrected chi connectivity index (χ2v) is 8.76. The van der Waals surface area contributed by atoms with Gasteiger partial charge in [-0.05, 0) is 49.7 Å². The molecule has 0 spiro atoms. The van der Waals surface area contributed by atoms with Gasteiger partial charge in [-0.15, -0.1) is 23.1 Å². The van der Waals surface area contributed by atoms with Gasteiger partial charge in [-0.2, -0.15) is 0 Å². The van der Waals surface area contributed by atoms with E-state index in [1.165, 1.54) is 0 Å². The lowest BCUT2D eigenvalue weighted by Gasteiger charge is -2.06. The predicted molar refractivity (Wildman–Crippen MR) is 118 cm³/mol. The Morgan fingerprint density at radius 2 is 2.00 bits per heavy atom. The Balaban J connectivity index is 1.25. The highest BCUT2D eigenvalue weighted by Gasteiger charge is 2.10. The highest BCUT2D eigenvalue weighted by atomic mass is 32.2. The van der Waals surface area contributed by atoms with Gasteiger partial charge in [0.1, 0.15) is 0 Å². The Morgan fingerprint density at radius 1 is 1.20 bits per heavy atom. The number of para-hydroxylation sites is 2. The monoisotopic (exact) mass is 440 g/mol. The lowest BCUT2D eigenvalue weighted by atomic mass is 10.2. The molecule has 0 saturated carbocycles. The number of thiazole rings is 1. The maximum absolute atomic E-state index is 12.3. The van der Waals surface area contributed by atoms with Crippen molar-refractivity contribution >= 4 is 40.2 Å². The zero-order valence-electron chi connectivity index (χ0n) is 16.4. The smallest absolute Gasteiger partial charge is 0.419 e. The van der Waals surface area contributed by atoms with E-state index in [0.717, 1.165) is 26.9 Å². The number of aromatic nitrogens is 2. The molecule has 0 saturated heterocycles. The molecule has 0 bridgehead atoms. The van der Waals surface area contributed by atoms with Crippen molar-refractivity contribution in [1.82, 2.24) is 9.55 Å². The van der Waals surface area contributed by atoms with E-state index in [1.807, 2.05) is 37.3 Å². The van der Waals surface area contributed by atoms with Crippen molar-refractivity contribution in [2.24, 2.45) is 0 Å². The first-order valence-electron chi connectivity index (χ1n) is 9.49. The van der Waals surface area contributed by atoms with Crippen molar-refractivity contribution in [3.8, 4) is 0 Å². The molecule has 8 heteroatoms. The normalized spacial score (nSPS) is 11.1. The number of aryl methyl sites for hydroxylation is 2. The SMILES string of the molecule is Cc1nc(CSc2ccc(C(=O)OCCCn3c(=O)oc4ccccc43)cc2)cs1. The Labute approximate surface area is 181 Å². The summed E-state index contributed by atoms with van der Waals surface area (Å²) in [6.07, 6.45) is 0.524. The van der Waals surface area contributed by atoms with Crippen LogP contribution in [0.4, 0.5) is 0 Å². The van der Waals surface area contributed by atoms with Gasteiger partial charge in [-0.25, -0.2) is 14.6 Å². The van der Waals surface area contributed by atoms with Crippen molar-refractivity contribution in [3.05, 3.63) is 80.7 Å². The summed E-state index contributed by atoms with van der Waals surface area (Å²) < 4.78 is 12.1. The lowest BCUT2D eigenvalue weighted by molar-refractivity contribution is 0.0496. The summed E-state index contributed by atoms with van der Waals surface area (Å²) in [4.78, 5) is 29.7. The molecule has 0 radical (unpaired) electrons. The van der Waals surface area contributed by atoms with Crippen molar-refractivity contribution < 1.29 is 13.9 Å². The molecule has 154 valence electrons. The van der Waals surface area contributed by atoms with Gasteiger partial charge in [-0.1, -0.05) is 12.1 Å². The van der Waals surface area contributed by atoms with Gasteiger partial charge < -0.3 is 9.15 Å². The zero-order chi connectivity index (χ0) is 20.9. The summed E-state index contributed by atoms with van der Waals surface area (Å²) in [5.41, 5.74) is 2.88. The Bertz CT molecular complexity index is 1210. The van der Waals surface area contributed by atoms with Crippen LogP contribution in [0.25, 0.3) is 11.1 Å². The molecule has 0 amide bonds. The van der Waals surface area contributed by atoms with Gasteiger partial charge >= 0.3 is 11.7 Å². The molecule has 6 nitrogen and oxygen atoms in total. The zero-order valence-corrected chi connectivity index (χ0v) is 18.0. The van der Waals surface area contributed by atoms with Gasteiger partial charge in [0.25, 0.3) is 0 Å². The number of benzene rings is 2. The molecular formula is C22H20N2O4S2. The summed E-state index contributed by atoms with van der Waals surface area (Å²) >= 11 is 3.33. The minimum atomic E-state index is -0.400. The minimum Gasteiger partial charge on any atom is -0.462 e. The second kappa shape index (κ2) is 9.32. The highest BCUT2D eigenvalue weighted by Crippen LogP contribution is 2.24. The maximum Gasteiger partial charge on any atom is 0.419 e. The summed E-state index contributed by atoms with van der Waals surface area (Å²) in [6.45, 7) is 2.65. The van der Waals surface area contributed by atoms with Crippen LogP contribution >= 0.6 is 23.1 Å². The molecule has 30 heavy (non-hydrogen) atoms. The third-order valence-electron chi connectivity index (χ3n) is 4.48. The van der Waals surface area contributed by atoms with Crippen LogP contribution in [-0.4, -0.2) is 22.1 Å². The Morgan fingerprint density at radius 3 is 2.77 bits per heavy atom. The average Bonchev–Trinajstić information content (AvgIpc) is 3.32. The van der Waals surface area contributed by atoms with Crippen molar-refractivity contribution in [2.45, 2.75) is 30.5 Å². The molecule has 4 aromatic rings.